The molecule has 2 heterocycles. The van der Waals surface area contributed by atoms with Crippen molar-refractivity contribution in [1.29, 1.82) is 0 Å². The van der Waals surface area contributed by atoms with E-state index in [1.807, 2.05) is 36.5 Å². The molecule has 3 aromatic rings. The SMILES string of the molecule is Cl.Nc1ncc(CCCCCc2cn(CCNC(=O)C=Cc3ccccc3)nn2)[nH]1. The number of carbonyl (C=O) groups is 1. The van der Waals surface area contributed by atoms with Crippen molar-refractivity contribution in [3.63, 3.8) is 0 Å². The van der Waals surface area contributed by atoms with E-state index in [4.69, 9.17) is 5.73 Å². The first kappa shape index (κ1) is 23.2. The Labute approximate surface area is 182 Å². The maximum Gasteiger partial charge on any atom is 0.244 e. The molecule has 0 saturated carbocycles. The molecule has 0 aliphatic carbocycles. The van der Waals surface area contributed by atoms with Gasteiger partial charge in [0.15, 0.2) is 5.95 Å². The number of rotatable bonds is 11. The first-order chi connectivity index (χ1) is 14.2. The minimum atomic E-state index is -0.117. The Morgan fingerprint density at radius 2 is 1.97 bits per heavy atom. The van der Waals surface area contributed by atoms with Crippen LogP contribution in [0, 0.1) is 0 Å². The summed E-state index contributed by atoms with van der Waals surface area (Å²) in [5.74, 6) is 0.355. The number of carbonyl (C=O) groups excluding carboxylic acids is 1. The van der Waals surface area contributed by atoms with Crippen LogP contribution in [-0.2, 0) is 24.2 Å². The minimum absolute atomic E-state index is 0. The lowest BCUT2D eigenvalue weighted by Crippen LogP contribution is -2.25. The van der Waals surface area contributed by atoms with Gasteiger partial charge in [-0.15, -0.1) is 17.5 Å². The molecule has 9 heteroatoms. The predicted molar refractivity (Wildman–Crippen MR) is 120 cm³/mol. The monoisotopic (exact) mass is 429 g/mol. The summed E-state index contributed by atoms with van der Waals surface area (Å²) in [6, 6.07) is 9.73. The van der Waals surface area contributed by atoms with Crippen molar-refractivity contribution in [3.8, 4) is 0 Å². The molecule has 8 nitrogen and oxygen atoms in total. The maximum atomic E-state index is 11.9. The van der Waals surface area contributed by atoms with Gasteiger partial charge in [0.1, 0.15) is 0 Å². The number of amides is 1. The molecule has 0 spiro atoms. The van der Waals surface area contributed by atoms with Gasteiger partial charge in [0.2, 0.25) is 5.91 Å². The van der Waals surface area contributed by atoms with Crippen LogP contribution in [0.25, 0.3) is 6.08 Å². The third-order valence-electron chi connectivity index (χ3n) is 4.48. The summed E-state index contributed by atoms with van der Waals surface area (Å²) in [5.41, 5.74) is 8.62. The first-order valence-corrected chi connectivity index (χ1v) is 9.88. The number of aryl methyl sites for hydroxylation is 2. The summed E-state index contributed by atoms with van der Waals surface area (Å²) in [4.78, 5) is 18.9. The van der Waals surface area contributed by atoms with Crippen LogP contribution in [0.4, 0.5) is 5.95 Å². The van der Waals surface area contributed by atoms with Gasteiger partial charge in [0.05, 0.1) is 18.4 Å². The highest BCUT2D eigenvalue weighted by atomic mass is 35.5. The molecule has 2 aromatic heterocycles. The minimum Gasteiger partial charge on any atom is -0.369 e. The van der Waals surface area contributed by atoms with Gasteiger partial charge in [-0.2, -0.15) is 0 Å². The fourth-order valence-corrected chi connectivity index (χ4v) is 2.95. The van der Waals surface area contributed by atoms with E-state index in [-0.39, 0.29) is 18.3 Å². The molecular formula is C21H28ClN7O. The largest absolute Gasteiger partial charge is 0.369 e. The third kappa shape index (κ3) is 8.08. The van der Waals surface area contributed by atoms with Gasteiger partial charge in [0.25, 0.3) is 0 Å². The Morgan fingerprint density at radius 3 is 2.73 bits per heavy atom. The lowest BCUT2D eigenvalue weighted by atomic mass is 10.1. The molecule has 30 heavy (non-hydrogen) atoms. The highest BCUT2D eigenvalue weighted by molar-refractivity contribution is 5.91. The number of hydrogen-bond donors (Lipinski definition) is 3. The smallest absolute Gasteiger partial charge is 0.244 e. The Kier molecular flexibility index (Phi) is 9.60. The van der Waals surface area contributed by atoms with Gasteiger partial charge < -0.3 is 16.0 Å². The molecule has 1 aromatic carbocycles. The quantitative estimate of drug-likeness (QED) is 0.320. The summed E-state index contributed by atoms with van der Waals surface area (Å²) < 4.78 is 1.77. The Bertz CT molecular complexity index is 920. The Hall–Kier alpha value is -3.13. The van der Waals surface area contributed by atoms with Crippen molar-refractivity contribution >= 4 is 30.3 Å². The van der Waals surface area contributed by atoms with Crippen LogP contribution >= 0.6 is 12.4 Å². The number of nitrogens with two attached hydrogens (primary N) is 1. The highest BCUT2D eigenvalue weighted by Crippen LogP contribution is 2.08. The summed E-state index contributed by atoms with van der Waals surface area (Å²) in [5, 5.41) is 11.2. The molecular weight excluding hydrogens is 402 g/mol. The van der Waals surface area contributed by atoms with E-state index in [2.05, 4.69) is 25.6 Å². The number of aromatic nitrogens is 5. The number of halogens is 1. The number of nitrogen functional groups attached to an aromatic ring is 1. The predicted octanol–water partition coefficient (Wildman–Crippen LogP) is 2.79. The second kappa shape index (κ2) is 12.4. The molecule has 0 saturated heterocycles. The van der Waals surface area contributed by atoms with E-state index >= 15 is 0 Å². The molecule has 0 unspecified atom stereocenters. The molecule has 0 aliphatic heterocycles. The van der Waals surface area contributed by atoms with Crippen molar-refractivity contribution in [1.82, 2.24) is 30.3 Å². The van der Waals surface area contributed by atoms with E-state index in [0.717, 1.165) is 49.1 Å². The van der Waals surface area contributed by atoms with Crippen molar-refractivity contribution in [3.05, 3.63) is 65.8 Å². The van der Waals surface area contributed by atoms with Gasteiger partial charge >= 0.3 is 0 Å². The summed E-state index contributed by atoms with van der Waals surface area (Å²) >= 11 is 0. The average Bonchev–Trinajstić information content (AvgIpc) is 3.36. The summed E-state index contributed by atoms with van der Waals surface area (Å²) in [7, 11) is 0. The zero-order valence-electron chi connectivity index (χ0n) is 16.8. The third-order valence-corrected chi connectivity index (χ3v) is 4.48. The van der Waals surface area contributed by atoms with Gasteiger partial charge in [-0.25, -0.2) is 4.98 Å². The number of benzene rings is 1. The number of hydrogen-bond acceptors (Lipinski definition) is 5. The van der Waals surface area contributed by atoms with Crippen LogP contribution in [0.5, 0.6) is 0 Å². The molecule has 0 radical (unpaired) electrons. The topological polar surface area (TPSA) is 115 Å². The van der Waals surface area contributed by atoms with Crippen LogP contribution in [0.15, 0.2) is 48.8 Å². The van der Waals surface area contributed by atoms with Crippen molar-refractivity contribution in [2.45, 2.75) is 38.6 Å². The molecule has 0 bridgehead atoms. The zero-order chi connectivity index (χ0) is 20.3. The van der Waals surface area contributed by atoms with Gasteiger partial charge in [-0.1, -0.05) is 42.0 Å². The number of nitrogens with one attached hydrogen (secondary N) is 2. The van der Waals surface area contributed by atoms with Crippen molar-refractivity contribution in [2.75, 3.05) is 12.3 Å². The molecule has 0 atom stereocenters. The summed E-state index contributed by atoms with van der Waals surface area (Å²) in [6.45, 7) is 1.10. The van der Waals surface area contributed by atoms with Crippen LogP contribution in [0.2, 0.25) is 0 Å². The van der Waals surface area contributed by atoms with E-state index in [1.165, 1.54) is 0 Å². The van der Waals surface area contributed by atoms with Crippen molar-refractivity contribution in [2.24, 2.45) is 0 Å². The number of unbranched alkanes of at least 4 members (excludes halogenated alkanes) is 2. The van der Waals surface area contributed by atoms with E-state index in [9.17, 15) is 4.79 Å². The fourth-order valence-electron chi connectivity index (χ4n) is 2.95. The van der Waals surface area contributed by atoms with E-state index in [1.54, 1.807) is 23.0 Å². The summed E-state index contributed by atoms with van der Waals surface area (Å²) in [6.07, 6.45) is 12.2. The van der Waals surface area contributed by atoms with Crippen LogP contribution < -0.4 is 11.1 Å². The van der Waals surface area contributed by atoms with Crippen LogP contribution in [0.3, 0.4) is 0 Å². The van der Waals surface area contributed by atoms with E-state index in [0.29, 0.717) is 19.0 Å². The number of aromatic amines is 1. The Balaban J connectivity index is 0.00000320. The number of H-pyrrole nitrogens is 1. The van der Waals surface area contributed by atoms with Gasteiger partial charge in [-0.05, 0) is 37.3 Å². The lowest BCUT2D eigenvalue weighted by Gasteiger charge is -2.02. The molecule has 4 N–H and O–H groups in total. The second-order valence-corrected chi connectivity index (χ2v) is 6.86. The number of nitrogens with zero attached hydrogens (tertiary/aromatic N) is 4. The standard InChI is InChI=1S/C21H27N7O.ClH/c22-21-24-15-18(25-21)9-5-2-6-10-19-16-28(27-26-19)14-13-23-20(29)12-11-17-7-3-1-4-8-17;/h1,3-4,7-8,11-12,15-16H,2,5-6,9-10,13-14H2,(H,23,29)(H3,22,24,25);1H. The van der Waals surface area contributed by atoms with Crippen LogP contribution in [-0.4, -0.2) is 37.4 Å². The number of anilines is 1. The second-order valence-electron chi connectivity index (χ2n) is 6.86. The van der Waals surface area contributed by atoms with Gasteiger partial charge in [-0.3, -0.25) is 9.48 Å². The molecule has 1 amide bonds. The van der Waals surface area contributed by atoms with Crippen molar-refractivity contribution < 1.29 is 4.79 Å². The molecule has 160 valence electrons. The normalized spacial score (nSPS) is 10.8. The maximum absolute atomic E-state index is 11.9. The van der Waals surface area contributed by atoms with E-state index < -0.39 is 0 Å². The number of imidazole rings is 1. The lowest BCUT2D eigenvalue weighted by molar-refractivity contribution is -0.116. The zero-order valence-corrected chi connectivity index (χ0v) is 17.6. The fraction of sp³-hybridized carbons (Fsp3) is 0.333. The Morgan fingerprint density at radius 1 is 1.17 bits per heavy atom. The highest BCUT2D eigenvalue weighted by Gasteiger charge is 2.03. The average molecular weight is 430 g/mol. The molecule has 3 rings (SSSR count). The first-order valence-electron chi connectivity index (χ1n) is 9.88. The van der Waals surface area contributed by atoms with Gasteiger partial charge in [0, 0.05) is 24.5 Å². The molecule has 0 aliphatic rings. The molecule has 0 fully saturated rings. The van der Waals surface area contributed by atoms with Crippen LogP contribution in [0.1, 0.15) is 36.2 Å².